The van der Waals surface area contributed by atoms with Crippen molar-refractivity contribution in [3.05, 3.63) is 29.8 Å². The van der Waals surface area contributed by atoms with Crippen molar-refractivity contribution in [1.29, 1.82) is 0 Å². The number of nitrogens with zero attached hydrogens (tertiary/aromatic N) is 1. The predicted octanol–water partition coefficient (Wildman–Crippen LogP) is 2.96. The first-order valence-corrected chi connectivity index (χ1v) is 8.85. The van der Waals surface area contributed by atoms with Crippen LogP contribution < -0.4 is 15.4 Å². The Bertz CT molecular complexity index is 527. The van der Waals surface area contributed by atoms with Gasteiger partial charge in [0.25, 0.3) is 0 Å². The molecule has 1 aromatic rings. The third kappa shape index (κ3) is 5.41. The zero-order valence-corrected chi connectivity index (χ0v) is 15.2. The summed E-state index contributed by atoms with van der Waals surface area (Å²) in [5.41, 5.74) is 1.52. The van der Waals surface area contributed by atoms with Gasteiger partial charge >= 0.3 is 0 Å². The minimum atomic E-state index is 0.377. The average molecular weight is 333 g/mol. The molecule has 1 saturated carbocycles. The summed E-state index contributed by atoms with van der Waals surface area (Å²) >= 11 is 0. The summed E-state index contributed by atoms with van der Waals surface area (Å²) in [4.78, 5) is 4.71. The van der Waals surface area contributed by atoms with E-state index < -0.39 is 0 Å². The van der Waals surface area contributed by atoms with Crippen molar-refractivity contribution in [3.8, 4) is 5.75 Å². The lowest BCUT2D eigenvalue weighted by Crippen LogP contribution is -2.46. The van der Waals surface area contributed by atoms with Gasteiger partial charge in [0, 0.05) is 26.8 Å². The van der Waals surface area contributed by atoms with Gasteiger partial charge in [-0.1, -0.05) is 18.6 Å². The lowest BCUT2D eigenvalue weighted by atomic mass is 9.67. The first-order chi connectivity index (χ1) is 11.7. The molecule has 0 radical (unpaired) electrons. The van der Waals surface area contributed by atoms with Crippen molar-refractivity contribution in [2.24, 2.45) is 10.4 Å². The summed E-state index contributed by atoms with van der Waals surface area (Å²) in [6, 6.07) is 8.05. The Kier molecular flexibility index (Phi) is 7.37. The zero-order valence-electron chi connectivity index (χ0n) is 15.2. The predicted molar refractivity (Wildman–Crippen MR) is 98.6 cm³/mol. The Hall–Kier alpha value is -1.75. The minimum absolute atomic E-state index is 0.377. The van der Waals surface area contributed by atoms with Crippen LogP contribution in [0.1, 0.15) is 38.2 Å². The maximum absolute atomic E-state index is 5.27. The van der Waals surface area contributed by atoms with Gasteiger partial charge < -0.3 is 20.1 Å². The molecule has 0 aromatic heterocycles. The first kappa shape index (κ1) is 18.6. The van der Waals surface area contributed by atoms with Crippen LogP contribution in [0.4, 0.5) is 0 Å². The SMILES string of the molecule is CCNC(=NCc1cccc(OC)c1)NCC1(CCOC)CCC1. The molecule has 0 unspecified atom stereocenters. The summed E-state index contributed by atoms with van der Waals surface area (Å²) in [6.07, 6.45) is 4.99. The molecule has 24 heavy (non-hydrogen) atoms. The van der Waals surface area contributed by atoms with E-state index in [9.17, 15) is 0 Å². The summed E-state index contributed by atoms with van der Waals surface area (Å²) < 4.78 is 10.5. The number of aliphatic imine (C=N–C) groups is 1. The van der Waals surface area contributed by atoms with Gasteiger partial charge in [-0.05, 0) is 49.3 Å². The topological polar surface area (TPSA) is 54.9 Å². The van der Waals surface area contributed by atoms with E-state index in [1.54, 1.807) is 14.2 Å². The maximum Gasteiger partial charge on any atom is 0.191 e. The number of guanidine groups is 1. The third-order valence-electron chi connectivity index (χ3n) is 4.78. The van der Waals surface area contributed by atoms with E-state index in [0.29, 0.717) is 12.0 Å². The van der Waals surface area contributed by atoms with Crippen molar-refractivity contribution < 1.29 is 9.47 Å². The number of benzene rings is 1. The van der Waals surface area contributed by atoms with Crippen molar-refractivity contribution in [3.63, 3.8) is 0 Å². The van der Waals surface area contributed by atoms with E-state index in [-0.39, 0.29) is 0 Å². The van der Waals surface area contributed by atoms with E-state index in [1.807, 2.05) is 18.2 Å². The van der Waals surface area contributed by atoms with Crippen molar-refractivity contribution in [2.45, 2.75) is 39.2 Å². The molecular weight excluding hydrogens is 302 g/mol. The Labute approximate surface area is 145 Å². The molecule has 1 fully saturated rings. The molecule has 1 aliphatic rings. The van der Waals surface area contributed by atoms with Crippen LogP contribution in [0.5, 0.6) is 5.75 Å². The highest BCUT2D eigenvalue weighted by Crippen LogP contribution is 2.43. The molecule has 0 bridgehead atoms. The molecule has 0 spiro atoms. The van der Waals surface area contributed by atoms with Crippen LogP contribution in [0.15, 0.2) is 29.3 Å². The molecule has 0 heterocycles. The Morgan fingerprint density at radius 2 is 2.08 bits per heavy atom. The van der Waals surface area contributed by atoms with Crippen LogP contribution in [-0.2, 0) is 11.3 Å². The lowest BCUT2D eigenvalue weighted by Gasteiger charge is -2.42. The Morgan fingerprint density at radius 1 is 1.25 bits per heavy atom. The highest BCUT2D eigenvalue weighted by Gasteiger charge is 2.36. The number of rotatable bonds is 9. The smallest absolute Gasteiger partial charge is 0.191 e. The van der Waals surface area contributed by atoms with E-state index >= 15 is 0 Å². The van der Waals surface area contributed by atoms with Gasteiger partial charge in [0.1, 0.15) is 5.75 Å². The quantitative estimate of drug-likeness (QED) is 0.539. The first-order valence-electron chi connectivity index (χ1n) is 8.85. The Balaban J connectivity index is 1.92. The molecule has 0 aliphatic heterocycles. The molecule has 5 nitrogen and oxygen atoms in total. The zero-order chi connectivity index (χ0) is 17.3. The fraction of sp³-hybridized carbons (Fsp3) is 0.632. The van der Waals surface area contributed by atoms with Gasteiger partial charge in [-0.2, -0.15) is 0 Å². The molecule has 134 valence electrons. The summed E-state index contributed by atoms with van der Waals surface area (Å²) in [5, 5.41) is 6.86. The minimum Gasteiger partial charge on any atom is -0.497 e. The van der Waals surface area contributed by atoms with Gasteiger partial charge in [0.15, 0.2) is 5.96 Å². The number of ether oxygens (including phenoxy) is 2. The second-order valence-electron chi connectivity index (χ2n) is 6.50. The summed E-state index contributed by atoms with van der Waals surface area (Å²) in [6.45, 7) is 5.37. The molecule has 0 saturated heterocycles. The lowest BCUT2D eigenvalue weighted by molar-refractivity contribution is 0.0732. The highest BCUT2D eigenvalue weighted by atomic mass is 16.5. The normalized spacial score (nSPS) is 16.4. The van der Waals surface area contributed by atoms with E-state index in [4.69, 9.17) is 14.5 Å². The van der Waals surface area contributed by atoms with Gasteiger partial charge in [-0.15, -0.1) is 0 Å². The van der Waals surface area contributed by atoms with E-state index in [1.165, 1.54) is 19.3 Å². The van der Waals surface area contributed by atoms with Crippen LogP contribution >= 0.6 is 0 Å². The second kappa shape index (κ2) is 9.52. The second-order valence-corrected chi connectivity index (χ2v) is 6.50. The number of nitrogens with one attached hydrogen (secondary N) is 2. The van der Waals surface area contributed by atoms with Crippen LogP contribution in [0.2, 0.25) is 0 Å². The molecular formula is C19H31N3O2. The highest BCUT2D eigenvalue weighted by molar-refractivity contribution is 5.79. The van der Waals surface area contributed by atoms with Crippen LogP contribution in [0.3, 0.4) is 0 Å². The van der Waals surface area contributed by atoms with Crippen LogP contribution in [-0.4, -0.2) is 39.9 Å². The molecule has 1 aromatic carbocycles. The van der Waals surface area contributed by atoms with Crippen molar-refractivity contribution in [1.82, 2.24) is 10.6 Å². The standard InChI is InChI=1S/C19H31N3O2/c1-4-20-18(21-14-16-7-5-8-17(13-16)24-3)22-15-19(9-6-10-19)11-12-23-2/h5,7-8,13H,4,6,9-12,14-15H2,1-3H3,(H2,20,21,22). The third-order valence-corrected chi connectivity index (χ3v) is 4.78. The monoisotopic (exact) mass is 333 g/mol. The number of hydrogen-bond acceptors (Lipinski definition) is 3. The largest absolute Gasteiger partial charge is 0.497 e. The van der Waals surface area contributed by atoms with E-state index in [2.05, 4.69) is 23.6 Å². The van der Waals surface area contributed by atoms with Gasteiger partial charge in [0.05, 0.1) is 13.7 Å². The molecule has 1 aliphatic carbocycles. The summed E-state index contributed by atoms with van der Waals surface area (Å²) in [5.74, 6) is 1.75. The van der Waals surface area contributed by atoms with Crippen molar-refractivity contribution >= 4 is 5.96 Å². The molecule has 5 heteroatoms. The molecule has 0 atom stereocenters. The fourth-order valence-corrected chi connectivity index (χ4v) is 3.06. The summed E-state index contributed by atoms with van der Waals surface area (Å²) in [7, 11) is 3.46. The molecule has 2 rings (SSSR count). The average Bonchev–Trinajstić information content (AvgIpc) is 2.58. The van der Waals surface area contributed by atoms with Gasteiger partial charge in [-0.3, -0.25) is 0 Å². The number of methoxy groups -OCH3 is 2. The van der Waals surface area contributed by atoms with E-state index in [0.717, 1.165) is 43.4 Å². The van der Waals surface area contributed by atoms with Crippen molar-refractivity contribution in [2.75, 3.05) is 33.9 Å². The Morgan fingerprint density at radius 3 is 2.71 bits per heavy atom. The molecule has 0 amide bonds. The molecule has 2 N–H and O–H groups in total. The fourth-order valence-electron chi connectivity index (χ4n) is 3.06. The maximum atomic E-state index is 5.27. The number of hydrogen-bond donors (Lipinski definition) is 2. The van der Waals surface area contributed by atoms with Crippen LogP contribution in [0, 0.1) is 5.41 Å². The van der Waals surface area contributed by atoms with Crippen LogP contribution in [0.25, 0.3) is 0 Å². The van der Waals surface area contributed by atoms with Gasteiger partial charge in [-0.25, -0.2) is 4.99 Å². The van der Waals surface area contributed by atoms with Gasteiger partial charge in [0.2, 0.25) is 0 Å².